The number of sulfonamides is 1. The second-order valence-electron chi connectivity index (χ2n) is 7.10. The molecule has 0 atom stereocenters. The highest BCUT2D eigenvalue weighted by atomic mass is 32.2. The van der Waals surface area contributed by atoms with Crippen molar-refractivity contribution in [3.8, 4) is 0 Å². The van der Waals surface area contributed by atoms with Crippen molar-refractivity contribution < 1.29 is 13.2 Å². The molecule has 2 N–H and O–H groups in total. The molecule has 0 aliphatic carbocycles. The van der Waals surface area contributed by atoms with E-state index in [-0.39, 0.29) is 17.4 Å². The molecule has 6 nitrogen and oxygen atoms in total. The van der Waals surface area contributed by atoms with E-state index in [4.69, 9.17) is 0 Å². The Kier molecular flexibility index (Phi) is 6.62. The molecule has 7 heteroatoms. The van der Waals surface area contributed by atoms with Crippen LogP contribution in [0.4, 0.5) is 0 Å². The molecule has 1 saturated heterocycles. The van der Waals surface area contributed by atoms with E-state index in [2.05, 4.69) is 35.7 Å². The van der Waals surface area contributed by atoms with Crippen molar-refractivity contribution in [3.05, 3.63) is 0 Å². The summed E-state index contributed by atoms with van der Waals surface area (Å²) >= 11 is 0. The summed E-state index contributed by atoms with van der Waals surface area (Å²) in [5, 5.41) is 2.94. The first kappa shape index (κ1) is 18.4. The Morgan fingerprint density at radius 2 is 1.81 bits per heavy atom. The van der Waals surface area contributed by atoms with Crippen molar-refractivity contribution in [3.63, 3.8) is 0 Å². The molecule has 1 aliphatic heterocycles. The summed E-state index contributed by atoms with van der Waals surface area (Å²) in [6.07, 6.45) is 3.64. The summed E-state index contributed by atoms with van der Waals surface area (Å²) in [5.41, 5.74) is 0.225. The van der Waals surface area contributed by atoms with Crippen LogP contribution in [0, 0.1) is 5.41 Å². The van der Waals surface area contributed by atoms with E-state index >= 15 is 0 Å². The molecule has 0 saturated carbocycles. The predicted molar refractivity (Wildman–Crippen MR) is 84.5 cm³/mol. The third kappa shape index (κ3) is 9.06. The molecule has 0 radical (unpaired) electrons. The molecule has 0 aromatic heterocycles. The maximum absolute atomic E-state index is 11.8. The Hall–Kier alpha value is -0.660. The van der Waals surface area contributed by atoms with Crippen LogP contribution in [0.1, 0.15) is 40.0 Å². The third-order valence-corrected chi connectivity index (χ3v) is 4.29. The predicted octanol–water partition coefficient (Wildman–Crippen LogP) is 0.552. The average Bonchev–Trinajstić information content (AvgIpc) is 2.28. The number of amides is 1. The maximum Gasteiger partial charge on any atom is 0.234 e. The number of carbonyl (C=O) groups is 1. The number of rotatable bonds is 6. The molecule has 21 heavy (non-hydrogen) atoms. The smallest absolute Gasteiger partial charge is 0.234 e. The first-order chi connectivity index (χ1) is 9.55. The summed E-state index contributed by atoms with van der Waals surface area (Å²) in [7, 11) is -3.14. The number of nitrogens with one attached hydrogen (secondary N) is 2. The first-order valence-corrected chi connectivity index (χ1v) is 9.41. The minimum atomic E-state index is -3.14. The Bertz CT molecular complexity index is 435. The van der Waals surface area contributed by atoms with Gasteiger partial charge in [0.05, 0.1) is 12.8 Å². The van der Waals surface area contributed by atoms with Gasteiger partial charge in [0.15, 0.2) is 0 Å². The van der Waals surface area contributed by atoms with Gasteiger partial charge in [0.25, 0.3) is 0 Å². The lowest BCUT2D eigenvalue weighted by Gasteiger charge is -2.31. The van der Waals surface area contributed by atoms with Gasteiger partial charge in [-0.3, -0.25) is 9.69 Å². The van der Waals surface area contributed by atoms with Gasteiger partial charge in [-0.05, 0) is 24.7 Å². The van der Waals surface area contributed by atoms with E-state index in [1.165, 1.54) is 6.26 Å². The maximum atomic E-state index is 11.8. The van der Waals surface area contributed by atoms with Gasteiger partial charge in [0.1, 0.15) is 0 Å². The molecular formula is C14H29N3O3S. The number of piperidine rings is 1. The number of hydrogen-bond donors (Lipinski definition) is 2. The highest BCUT2D eigenvalue weighted by Gasteiger charge is 2.22. The summed E-state index contributed by atoms with van der Waals surface area (Å²) in [4.78, 5) is 13.9. The zero-order chi connectivity index (χ0) is 16.1. The number of nitrogens with zero attached hydrogens (tertiary/aromatic N) is 1. The van der Waals surface area contributed by atoms with Crippen LogP contribution < -0.4 is 10.0 Å². The van der Waals surface area contributed by atoms with Gasteiger partial charge in [-0.15, -0.1) is 0 Å². The number of likely N-dealkylation sites (tertiary alicyclic amines) is 1. The van der Waals surface area contributed by atoms with Crippen molar-refractivity contribution in [2.75, 3.05) is 32.4 Å². The molecule has 0 bridgehead atoms. The third-order valence-electron chi connectivity index (χ3n) is 3.53. The van der Waals surface area contributed by atoms with Crippen molar-refractivity contribution in [2.45, 2.75) is 46.1 Å². The Morgan fingerprint density at radius 1 is 1.24 bits per heavy atom. The molecule has 0 unspecified atom stereocenters. The molecule has 124 valence electrons. The van der Waals surface area contributed by atoms with Crippen LogP contribution in [-0.4, -0.2) is 57.7 Å². The Balaban J connectivity index is 2.22. The monoisotopic (exact) mass is 319 g/mol. The molecular weight excluding hydrogens is 290 g/mol. The van der Waals surface area contributed by atoms with Crippen molar-refractivity contribution in [1.29, 1.82) is 0 Å². The van der Waals surface area contributed by atoms with E-state index in [1.54, 1.807) is 0 Å². The molecule has 1 amide bonds. The standard InChI is InChI=1S/C14H29N3O3S/c1-14(2,3)7-8-15-13(18)11-17-9-5-12(6-10-17)16-21(4,19)20/h12,16H,5-11H2,1-4H3,(H,15,18). The van der Waals surface area contributed by atoms with Crippen molar-refractivity contribution >= 4 is 15.9 Å². The zero-order valence-corrected chi connectivity index (χ0v) is 14.4. The van der Waals surface area contributed by atoms with Crippen LogP contribution in [0.5, 0.6) is 0 Å². The van der Waals surface area contributed by atoms with Crippen LogP contribution in [0.2, 0.25) is 0 Å². The normalized spacial score (nSPS) is 18.7. The molecule has 1 rings (SSSR count). The summed E-state index contributed by atoms with van der Waals surface area (Å²) < 4.78 is 25.0. The minimum Gasteiger partial charge on any atom is -0.355 e. The molecule has 0 spiro atoms. The Morgan fingerprint density at radius 3 is 2.29 bits per heavy atom. The number of hydrogen-bond acceptors (Lipinski definition) is 4. The lowest BCUT2D eigenvalue weighted by atomic mass is 9.92. The van der Waals surface area contributed by atoms with E-state index < -0.39 is 10.0 Å². The van der Waals surface area contributed by atoms with E-state index in [9.17, 15) is 13.2 Å². The summed E-state index contributed by atoms with van der Waals surface area (Å²) in [6.45, 7) is 9.06. The molecule has 1 heterocycles. The Labute approximate surface area is 128 Å². The molecule has 1 aliphatic rings. The van der Waals surface area contributed by atoms with Crippen molar-refractivity contribution in [2.24, 2.45) is 5.41 Å². The zero-order valence-electron chi connectivity index (χ0n) is 13.6. The minimum absolute atomic E-state index is 0.000187. The van der Waals surface area contributed by atoms with E-state index in [0.717, 1.165) is 32.4 Å². The highest BCUT2D eigenvalue weighted by molar-refractivity contribution is 7.88. The topological polar surface area (TPSA) is 78.5 Å². The van der Waals surface area contributed by atoms with Gasteiger partial charge < -0.3 is 5.32 Å². The molecule has 0 aromatic carbocycles. The fourth-order valence-electron chi connectivity index (χ4n) is 2.35. The molecule has 0 aromatic rings. The van der Waals surface area contributed by atoms with Crippen LogP contribution in [0.3, 0.4) is 0 Å². The van der Waals surface area contributed by atoms with Gasteiger partial charge in [0.2, 0.25) is 15.9 Å². The van der Waals surface area contributed by atoms with Crippen LogP contribution in [-0.2, 0) is 14.8 Å². The average molecular weight is 319 g/mol. The SMILES string of the molecule is CC(C)(C)CCNC(=O)CN1CCC(NS(C)(=O)=O)CC1. The van der Waals surface area contributed by atoms with Crippen LogP contribution in [0.15, 0.2) is 0 Å². The molecule has 1 fully saturated rings. The van der Waals surface area contributed by atoms with Gasteiger partial charge in [0, 0.05) is 25.7 Å². The van der Waals surface area contributed by atoms with E-state index in [0.29, 0.717) is 13.1 Å². The largest absolute Gasteiger partial charge is 0.355 e. The fourth-order valence-corrected chi connectivity index (χ4v) is 3.19. The lowest BCUT2D eigenvalue weighted by Crippen LogP contribution is -2.47. The lowest BCUT2D eigenvalue weighted by molar-refractivity contribution is -0.122. The quantitative estimate of drug-likeness (QED) is 0.749. The van der Waals surface area contributed by atoms with Gasteiger partial charge in [-0.1, -0.05) is 20.8 Å². The van der Waals surface area contributed by atoms with Crippen molar-refractivity contribution in [1.82, 2.24) is 14.9 Å². The van der Waals surface area contributed by atoms with Gasteiger partial charge >= 0.3 is 0 Å². The summed E-state index contributed by atoms with van der Waals surface area (Å²) in [5.74, 6) is 0.0498. The highest BCUT2D eigenvalue weighted by Crippen LogP contribution is 2.17. The van der Waals surface area contributed by atoms with Crippen LogP contribution >= 0.6 is 0 Å². The fraction of sp³-hybridized carbons (Fsp3) is 0.929. The summed E-state index contributed by atoms with van der Waals surface area (Å²) in [6, 6.07) is 0.000187. The van der Waals surface area contributed by atoms with E-state index in [1.807, 2.05) is 0 Å². The van der Waals surface area contributed by atoms with Crippen LogP contribution in [0.25, 0.3) is 0 Å². The van der Waals surface area contributed by atoms with Gasteiger partial charge in [-0.2, -0.15) is 0 Å². The van der Waals surface area contributed by atoms with Gasteiger partial charge in [-0.25, -0.2) is 13.1 Å². The second kappa shape index (κ2) is 7.56. The second-order valence-corrected chi connectivity index (χ2v) is 8.88. The first-order valence-electron chi connectivity index (χ1n) is 7.51. The number of carbonyl (C=O) groups excluding carboxylic acids is 1.